The molecule has 0 saturated heterocycles. The molecule has 3 heterocycles. The van der Waals surface area contributed by atoms with E-state index in [4.69, 9.17) is 4.74 Å². The summed E-state index contributed by atoms with van der Waals surface area (Å²) in [6, 6.07) is 64.0. The molecule has 2 atom stereocenters. The van der Waals surface area contributed by atoms with Crippen LogP contribution in [0.2, 0.25) is 0 Å². The van der Waals surface area contributed by atoms with Crippen molar-refractivity contribution >= 4 is 71.8 Å². The first-order valence-corrected chi connectivity index (χ1v) is 25.8. The summed E-state index contributed by atoms with van der Waals surface area (Å²) in [5, 5.41) is 10.1. The van der Waals surface area contributed by atoms with Gasteiger partial charge in [-0.1, -0.05) is 126 Å². The van der Waals surface area contributed by atoms with Gasteiger partial charge in [-0.15, -0.1) is 0 Å². The average molecular weight is 868 g/mol. The van der Waals surface area contributed by atoms with Gasteiger partial charge in [0.25, 0.3) is 0 Å². The Morgan fingerprint density at radius 1 is 0.452 bits per heavy atom. The molecule has 10 aromatic rings. The molecule has 312 valence electrons. The SMILES string of the molecule is CC(C)(C)c1ccc(-[s+]2ccc3ccccc32)cc1.CCCCCCOc1c(C)cc(-[s+]2c3ccccc3c3ccccc32)cc1C.c1ccc(-[s+]2ccc3ccccc32)cc1. The Morgan fingerprint density at radius 3 is 1.44 bits per heavy atom. The van der Waals surface area contributed by atoms with Crippen LogP contribution in [0.25, 0.3) is 55.0 Å². The Morgan fingerprint density at radius 2 is 0.919 bits per heavy atom. The third-order valence-corrected chi connectivity index (χ3v) is 17.8. The molecular weight excluding hydrogens is 809 g/mol. The zero-order chi connectivity index (χ0) is 43.1. The average Bonchev–Trinajstić information content (AvgIpc) is 4.02. The van der Waals surface area contributed by atoms with Gasteiger partial charge < -0.3 is 4.74 Å². The van der Waals surface area contributed by atoms with Crippen LogP contribution in [-0.4, -0.2) is 6.61 Å². The Bertz CT molecular complexity index is 2950. The van der Waals surface area contributed by atoms with Crippen molar-refractivity contribution in [3.05, 3.63) is 203 Å². The van der Waals surface area contributed by atoms with Crippen LogP contribution in [0.5, 0.6) is 5.75 Å². The van der Waals surface area contributed by atoms with E-state index in [1.54, 1.807) is 0 Å². The normalized spacial score (nSPS) is 12.0. The second-order valence-corrected chi connectivity index (χ2v) is 22.7. The second kappa shape index (κ2) is 19.7. The summed E-state index contributed by atoms with van der Waals surface area (Å²) >= 11 is 0. The molecule has 62 heavy (non-hydrogen) atoms. The minimum atomic E-state index is -0.0350. The van der Waals surface area contributed by atoms with Crippen molar-refractivity contribution in [1.82, 2.24) is 0 Å². The van der Waals surface area contributed by atoms with Crippen LogP contribution in [-0.2, 0) is 5.41 Å². The van der Waals surface area contributed by atoms with E-state index in [1.165, 1.54) is 91.0 Å². The maximum Gasteiger partial charge on any atom is 0.187 e. The lowest BCUT2D eigenvalue weighted by Gasteiger charge is -2.18. The van der Waals surface area contributed by atoms with Crippen LogP contribution in [0.15, 0.2) is 187 Å². The smallest absolute Gasteiger partial charge is 0.187 e. The first-order chi connectivity index (χ1) is 30.2. The van der Waals surface area contributed by atoms with Crippen molar-refractivity contribution in [2.24, 2.45) is 0 Å². The Balaban J connectivity index is 0.000000135. The lowest BCUT2D eigenvalue weighted by molar-refractivity contribution is 0.301. The highest BCUT2D eigenvalue weighted by atomic mass is 32.2. The molecule has 0 bridgehead atoms. The lowest BCUT2D eigenvalue weighted by Crippen LogP contribution is -2.10. The number of unbranched alkanes of at least 4 members (excludes halogenated alkanes) is 3. The van der Waals surface area contributed by atoms with Gasteiger partial charge in [-0.3, -0.25) is 0 Å². The fourth-order valence-corrected chi connectivity index (χ4v) is 14.6. The largest absolute Gasteiger partial charge is 0.493 e. The molecule has 3 aromatic heterocycles. The molecule has 0 radical (unpaired) electrons. The van der Waals surface area contributed by atoms with E-state index in [9.17, 15) is 0 Å². The third-order valence-electron chi connectivity index (χ3n) is 11.5. The van der Waals surface area contributed by atoms with Gasteiger partial charge in [-0.25, -0.2) is 0 Å². The summed E-state index contributed by atoms with van der Waals surface area (Å²) in [4.78, 5) is 4.21. The molecule has 0 amide bonds. The maximum absolute atomic E-state index is 6.17. The Labute approximate surface area is 377 Å². The zero-order valence-corrected chi connectivity index (χ0v) is 39.5. The van der Waals surface area contributed by atoms with Crippen LogP contribution in [0, 0.1) is 13.8 Å². The predicted molar refractivity (Wildman–Crippen MR) is 279 cm³/mol. The molecule has 0 aliphatic heterocycles. The minimum Gasteiger partial charge on any atom is -0.493 e. The molecule has 4 heteroatoms. The molecule has 7 aromatic carbocycles. The Hall–Kier alpha value is -5.52. The highest BCUT2D eigenvalue weighted by molar-refractivity contribution is 7.50. The standard InChI is InChI=1S/C26H29OS.C18H19S.C14H11S/c1-4-5-6-11-16-27-26-19(2)17-21(18-20(26)3)28-24-14-9-7-12-22(24)23-13-8-10-15-25(23)28;1-18(2,3)15-8-10-16(11-9-15)19-13-12-14-6-4-5-7-17(14)19;1-2-7-13(8-3-1)15-11-10-12-6-4-5-9-14(12)15/h7-10,12-15,17-18H,4-6,11,16H2,1-3H3;4-13H,1-3H3;1-11H/q3*+1. The maximum atomic E-state index is 6.17. The van der Waals surface area contributed by atoms with E-state index in [0.717, 1.165) is 18.8 Å². The molecule has 1 nitrogen and oxygen atoms in total. The fourth-order valence-electron chi connectivity index (χ4n) is 8.21. The van der Waals surface area contributed by atoms with Gasteiger partial charge in [0, 0.05) is 77.2 Å². The summed E-state index contributed by atoms with van der Waals surface area (Å²) in [5.74, 6) is 1.07. The number of rotatable bonds is 9. The molecule has 0 saturated carbocycles. The van der Waals surface area contributed by atoms with Crippen molar-refractivity contribution in [2.75, 3.05) is 6.61 Å². The fraction of sp³-hybridized carbons (Fsp3) is 0.207. The molecule has 0 fully saturated rings. The van der Waals surface area contributed by atoms with E-state index in [0.29, 0.717) is 0 Å². The number of benzene rings is 7. The van der Waals surface area contributed by atoms with E-state index in [-0.39, 0.29) is 36.8 Å². The van der Waals surface area contributed by atoms with Crippen molar-refractivity contribution in [3.63, 3.8) is 0 Å². The number of fused-ring (bicyclic) bond motifs is 5. The Kier molecular flexibility index (Phi) is 13.7. The van der Waals surface area contributed by atoms with Crippen LogP contribution >= 0.6 is 31.4 Å². The number of aryl methyl sites for hydroxylation is 2. The summed E-state index contributed by atoms with van der Waals surface area (Å²) in [7, 11) is 0.238. The van der Waals surface area contributed by atoms with Gasteiger partial charge in [-0.05, 0) is 115 Å². The molecule has 10 rings (SSSR count). The zero-order valence-electron chi connectivity index (χ0n) is 37.1. The van der Waals surface area contributed by atoms with Crippen LogP contribution in [0.4, 0.5) is 0 Å². The summed E-state index contributed by atoms with van der Waals surface area (Å²) in [6.07, 6.45) is 4.95. The van der Waals surface area contributed by atoms with Gasteiger partial charge in [0.05, 0.1) is 6.61 Å². The molecule has 2 unspecified atom stereocenters. The minimum absolute atomic E-state index is 0.0350. The van der Waals surface area contributed by atoms with Gasteiger partial charge in [0.15, 0.2) is 33.5 Å². The first kappa shape index (κ1) is 43.1. The number of hydrogen-bond donors (Lipinski definition) is 0. The van der Waals surface area contributed by atoms with Crippen molar-refractivity contribution < 1.29 is 4.74 Å². The van der Waals surface area contributed by atoms with Crippen molar-refractivity contribution in [1.29, 1.82) is 0 Å². The quantitative estimate of drug-likeness (QED) is 0.104. The van der Waals surface area contributed by atoms with E-state index in [2.05, 4.69) is 228 Å². The highest BCUT2D eigenvalue weighted by Gasteiger charge is 2.25. The van der Waals surface area contributed by atoms with Crippen molar-refractivity contribution in [2.45, 2.75) is 72.6 Å². The van der Waals surface area contributed by atoms with Gasteiger partial charge in [0.1, 0.15) is 16.5 Å². The molecule has 0 N–H and O–H groups in total. The van der Waals surface area contributed by atoms with Crippen molar-refractivity contribution in [3.8, 4) is 20.4 Å². The van der Waals surface area contributed by atoms with Gasteiger partial charge >= 0.3 is 0 Å². The number of ether oxygens (including phenoxy) is 1. The summed E-state index contributed by atoms with van der Waals surface area (Å²) in [6.45, 7) is 14.2. The molecular formula is C58H59OS3+3. The monoisotopic (exact) mass is 867 g/mol. The first-order valence-electron chi connectivity index (χ1n) is 22.0. The van der Waals surface area contributed by atoms with Crippen LogP contribution in [0.3, 0.4) is 0 Å². The number of hydrogen-bond acceptors (Lipinski definition) is 1. The highest BCUT2D eigenvalue weighted by Crippen LogP contribution is 2.49. The summed E-state index contributed by atoms with van der Waals surface area (Å²) in [5.41, 5.74) is 4.13. The molecule has 0 aliphatic rings. The van der Waals surface area contributed by atoms with Gasteiger partial charge in [0.2, 0.25) is 0 Å². The topological polar surface area (TPSA) is 9.23 Å². The van der Waals surface area contributed by atoms with Crippen LogP contribution < -0.4 is 4.74 Å². The summed E-state index contributed by atoms with van der Waals surface area (Å²) < 4.78 is 12.0. The van der Waals surface area contributed by atoms with E-state index in [1.807, 2.05) is 0 Å². The van der Waals surface area contributed by atoms with Crippen LogP contribution in [0.1, 0.15) is 70.1 Å². The molecule has 0 spiro atoms. The number of thiophene rings is 3. The molecule has 0 aliphatic carbocycles. The van der Waals surface area contributed by atoms with E-state index >= 15 is 0 Å². The lowest BCUT2D eigenvalue weighted by atomic mass is 9.87. The van der Waals surface area contributed by atoms with Gasteiger partial charge in [-0.2, -0.15) is 0 Å². The second-order valence-electron chi connectivity index (χ2n) is 17.0. The predicted octanol–water partition coefficient (Wildman–Crippen LogP) is 18.8. The third kappa shape index (κ3) is 9.59. The van der Waals surface area contributed by atoms with E-state index < -0.39 is 0 Å².